The number of amides is 1. The quantitative estimate of drug-likeness (QED) is 0.468. The minimum absolute atomic E-state index is 0.00341. The zero-order valence-corrected chi connectivity index (χ0v) is 16.9. The molecule has 0 unspecified atom stereocenters. The SMILES string of the molecule is C[C@@H]1CCN(C)c2ccccc2N1C(=O)c1csc(-c2cccc([N+](=O)[O-])c2)n1. The van der Waals surface area contributed by atoms with E-state index in [9.17, 15) is 14.9 Å². The molecule has 29 heavy (non-hydrogen) atoms. The van der Waals surface area contributed by atoms with Gasteiger partial charge in [-0.05, 0) is 25.5 Å². The van der Waals surface area contributed by atoms with Crippen LogP contribution in [0.4, 0.5) is 17.1 Å². The fourth-order valence-corrected chi connectivity index (χ4v) is 4.34. The van der Waals surface area contributed by atoms with Crippen LogP contribution < -0.4 is 9.80 Å². The molecular formula is C21H20N4O3S. The average Bonchev–Trinajstić information content (AvgIpc) is 3.18. The third-order valence-corrected chi connectivity index (χ3v) is 6.01. The first-order valence-electron chi connectivity index (χ1n) is 9.30. The molecule has 0 N–H and O–H groups in total. The zero-order chi connectivity index (χ0) is 20.5. The van der Waals surface area contributed by atoms with E-state index in [2.05, 4.69) is 9.88 Å². The van der Waals surface area contributed by atoms with E-state index in [1.165, 1.54) is 23.5 Å². The van der Waals surface area contributed by atoms with Crippen molar-refractivity contribution in [3.63, 3.8) is 0 Å². The first-order chi connectivity index (χ1) is 14.0. The molecule has 1 aromatic heterocycles. The maximum absolute atomic E-state index is 13.4. The number of fused-ring (bicyclic) bond motifs is 1. The van der Waals surface area contributed by atoms with Crippen LogP contribution in [0.1, 0.15) is 23.8 Å². The number of benzene rings is 2. The number of nitrogens with zero attached hydrogens (tertiary/aromatic N) is 4. The molecule has 0 saturated heterocycles. The summed E-state index contributed by atoms with van der Waals surface area (Å²) < 4.78 is 0. The van der Waals surface area contributed by atoms with E-state index < -0.39 is 4.92 Å². The van der Waals surface area contributed by atoms with E-state index in [-0.39, 0.29) is 17.6 Å². The van der Waals surface area contributed by atoms with Crippen molar-refractivity contribution >= 4 is 34.3 Å². The molecule has 4 rings (SSSR count). The standard InChI is InChI=1S/C21H20N4O3S/c1-14-10-11-23(2)18-8-3-4-9-19(18)24(14)21(26)17-13-29-20(22-17)15-6-5-7-16(12-15)25(27)28/h3-9,12-14H,10-11H2,1-2H3/t14-/m1/s1. The van der Waals surface area contributed by atoms with E-state index in [1.807, 2.05) is 43.1 Å². The Hall–Kier alpha value is -3.26. The number of para-hydroxylation sites is 2. The first kappa shape index (κ1) is 19.1. The van der Waals surface area contributed by atoms with Crippen molar-refractivity contribution in [1.82, 2.24) is 4.98 Å². The van der Waals surface area contributed by atoms with Crippen molar-refractivity contribution in [3.05, 3.63) is 69.7 Å². The molecule has 8 heteroatoms. The van der Waals surface area contributed by atoms with Gasteiger partial charge in [0, 0.05) is 42.7 Å². The lowest BCUT2D eigenvalue weighted by Gasteiger charge is -2.28. The normalized spacial score (nSPS) is 16.3. The van der Waals surface area contributed by atoms with Crippen molar-refractivity contribution in [2.24, 2.45) is 0 Å². The minimum atomic E-state index is -0.435. The van der Waals surface area contributed by atoms with E-state index in [0.717, 1.165) is 24.3 Å². The maximum Gasteiger partial charge on any atom is 0.278 e. The molecule has 3 aromatic rings. The van der Waals surface area contributed by atoms with Crippen LogP contribution in [0.2, 0.25) is 0 Å². The Morgan fingerprint density at radius 3 is 2.72 bits per heavy atom. The fourth-order valence-electron chi connectivity index (χ4n) is 3.55. The predicted molar refractivity (Wildman–Crippen MR) is 115 cm³/mol. The molecule has 1 amide bonds. The van der Waals surface area contributed by atoms with Crippen molar-refractivity contribution in [1.29, 1.82) is 0 Å². The van der Waals surface area contributed by atoms with Gasteiger partial charge in [0.25, 0.3) is 11.6 Å². The summed E-state index contributed by atoms with van der Waals surface area (Å²) in [5, 5.41) is 13.4. The number of anilines is 2. The number of hydrogen-bond donors (Lipinski definition) is 0. The molecule has 0 aliphatic carbocycles. The van der Waals surface area contributed by atoms with Gasteiger partial charge in [-0.15, -0.1) is 11.3 Å². The van der Waals surface area contributed by atoms with Gasteiger partial charge in [-0.1, -0.05) is 24.3 Å². The van der Waals surface area contributed by atoms with Gasteiger partial charge >= 0.3 is 0 Å². The van der Waals surface area contributed by atoms with Crippen LogP contribution in [-0.4, -0.2) is 35.4 Å². The predicted octanol–water partition coefficient (Wildman–Crippen LogP) is 4.59. The Bertz CT molecular complexity index is 1080. The summed E-state index contributed by atoms with van der Waals surface area (Å²) in [7, 11) is 2.03. The summed E-state index contributed by atoms with van der Waals surface area (Å²) in [6, 6.07) is 14.2. The van der Waals surface area contributed by atoms with Crippen molar-refractivity contribution in [2.45, 2.75) is 19.4 Å². The number of hydrogen-bond acceptors (Lipinski definition) is 6. The summed E-state index contributed by atoms with van der Waals surface area (Å²) in [6.07, 6.45) is 0.846. The van der Waals surface area contributed by atoms with Gasteiger partial charge in [0.15, 0.2) is 0 Å². The molecule has 0 bridgehead atoms. The molecule has 2 aromatic carbocycles. The van der Waals surface area contributed by atoms with Gasteiger partial charge in [-0.3, -0.25) is 14.9 Å². The number of nitro benzene ring substituents is 1. The number of carbonyl (C=O) groups is 1. The Morgan fingerprint density at radius 2 is 1.97 bits per heavy atom. The Kier molecular flexibility index (Phi) is 5.02. The van der Waals surface area contributed by atoms with Gasteiger partial charge in [-0.2, -0.15) is 0 Å². The minimum Gasteiger partial charge on any atom is -0.373 e. The summed E-state index contributed by atoms with van der Waals surface area (Å²) in [5.41, 5.74) is 2.87. The lowest BCUT2D eigenvalue weighted by molar-refractivity contribution is -0.384. The highest BCUT2D eigenvalue weighted by molar-refractivity contribution is 7.13. The van der Waals surface area contributed by atoms with E-state index in [4.69, 9.17) is 0 Å². The number of rotatable bonds is 3. The van der Waals surface area contributed by atoms with Crippen molar-refractivity contribution in [3.8, 4) is 10.6 Å². The lowest BCUT2D eigenvalue weighted by Crippen LogP contribution is -2.38. The lowest BCUT2D eigenvalue weighted by atomic mass is 10.1. The maximum atomic E-state index is 13.4. The van der Waals surface area contributed by atoms with E-state index in [1.54, 1.807) is 17.5 Å². The van der Waals surface area contributed by atoms with Gasteiger partial charge in [-0.25, -0.2) is 4.98 Å². The second-order valence-electron chi connectivity index (χ2n) is 7.07. The van der Waals surface area contributed by atoms with Crippen LogP contribution in [0.3, 0.4) is 0 Å². The molecule has 1 aliphatic heterocycles. The van der Waals surface area contributed by atoms with Crippen LogP contribution >= 0.6 is 11.3 Å². The topological polar surface area (TPSA) is 79.6 Å². The number of nitro groups is 1. The van der Waals surface area contributed by atoms with Gasteiger partial charge < -0.3 is 9.80 Å². The van der Waals surface area contributed by atoms with Gasteiger partial charge in [0.2, 0.25) is 0 Å². The monoisotopic (exact) mass is 408 g/mol. The Morgan fingerprint density at radius 1 is 1.21 bits per heavy atom. The molecule has 1 atom stereocenters. The van der Waals surface area contributed by atoms with Crippen LogP contribution in [0.5, 0.6) is 0 Å². The smallest absolute Gasteiger partial charge is 0.278 e. The number of carbonyl (C=O) groups excluding carboxylic acids is 1. The van der Waals surface area contributed by atoms with Crippen LogP contribution in [0, 0.1) is 10.1 Å². The second-order valence-corrected chi connectivity index (χ2v) is 7.93. The molecular weight excluding hydrogens is 388 g/mol. The highest BCUT2D eigenvalue weighted by atomic mass is 32.1. The zero-order valence-electron chi connectivity index (χ0n) is 16.1. The highest BCUT2D eigenvalue weighted by Crippen LogP contribution is 2.35. The van der Waals surface area contributed by atoms with Crippen LogP contribution in [0.15, 0.2) is 53.9 Å². The number of non-ortho nitro benzene ring substituents is 1. The molecule has 2 heterocycles. The average molecular weight is 408 g/mol. The third kappa shape index (κ3) is 3.58. The third-order valence-electron chi connectivity index (χ3n) is 5.12. The van der Waals surface area contributed by atoms with Crippen LogP contribution in [0.25, 0.3) is 10.6 Å². The fraction of sp³-hybridized carbons (Fsp3) is 0.238. The molecule has 0 fully saturated rings. The van der Waals surface area contributed by atoms with Gasteiger partial charge in [0.1, 0.15) is 10.7 Å². The molecule has 0 saturated carbocycles. The summed E-state index contributed by atoms with van der Waals surface area (Å²) >= 11 is 1.31. The Balaban J connectivity index is 1.69. The molecule has 0 radical (unpaired) electrons. The Labute approximate surface area is 172 Å². The first-order valence-corrected chi connectivity index (χ1v) is 10.2. The number of aromatic nitrogens is 1. The van der Waals surface area contributed by atoms with Crippen LogP contribution in [-0.2, 0) is 0 Å². The molecule has 148 valence electrons. The second kappa shape index (κ2) is 7.63. The number of thiazole rings is 1. The summed E-state index contributed by atoms with van der Waals surface area (Å²) in [5.74, 6) is -0.159. The van der Waals surface area contributed by atoms with Gasteiger partial charge in [0.05, 0.1) is 16.3 Å². The largest absolute Gasteiger partial charge is 0.373 e. The summed E-state index contributed by atoms with van der Waals surface area (Å²) in [6.45, 7) is 2.90. The van der Waals surface area contributed by atoms with Crippen molar-refractivity contribution in [2.75, 3.05) is 23.4 Å². The molecule has 0 spiro atoms. The molecule has 7 nitrogen and oxygen atoms in total. The summed E-state index contributed by atoms with van der Waals surface area (Å²) in [4.78, 5) is 32.5. The van der Waals surface area contributed by atoms with Crippen molar-refractivity contribution < 1.29 is 9.72 Å². The van der Waals surface area contributed by atoms with E-state index >= 15 is 0 Å². The van der Waals surface area contributed by atoms with E-state index in [0.29, 0.717) is 16.3 Å². The molecule has 1 aliphatic rings. The highest BCUT2D eigenvalue weighted by Gasteiger charge is 2.30.